The number of amides is 1. The molecular formula is C32H31NO4. The number of carboxylic acid groups (broad SMARTS) is 1. The molecular weight excluding hydrogens is 462 g/mol. The molecule has 5 nitrogen and oxygen atoms in total. The summed E-state index contributed by atoms with van der Waals surface area (Å²) in [5, 5.41) is 11.0. The molecule has 0 aliphatic rings. The van der Waals surface area contributed by atoms with E-state index >= 15 is 0 Å². The van der Waals surface area contributed by atoms with Gasteiger partial charge in [-0.15, -0.1) is 0 Å². The number of ether oxygens (including phenoxy) is 2. The van der Waals surface area contributed by atoms with Gasteiger partial charge in [-0.05, 0) is 64.1 Å². The molecule has 0 saturated carbocycles. The van der Waals surface area contributed by atoms with Gasteiger partial charge in [0, 0.05) is 0 Å². The number of hydrogen-bond donors (Lipinski definition) is 2. The lowest BCUT2D eigenvalue weighted by molar-refractivity contribution is 0.191. The Kier molecular flexibility index (Phi) is 8.97. The molecule has 0 saturated heterocycles. The third kappa shape index (κ3) is 7.24. The van der Waals surface area contributed by atoms with Crippen molar-refractivity contribution in [2.24, 2.45) is 0 Å². The fraction of sp³-hybridized carbons (Fsp3) is 0.156. The van der Waals surface area contributed by atoms with Crippen LogP contribution >= 0.6 is 0 Å². The highest BCUT2D eigenvalue weighted by molar-refractivity contribution is 5.98. The first-order valence-corrected chi connectivity index (χ1v) is 12.4. The van der Waals surface area contributed by atoms with Crippen molar-refractivity contribution in [3.8, 4) is 11.5 Å². The fourth-order valence-corrected chi connectivity index (χ4v) is 4.21. The Bertz CT molecular complexity index is 1320. The van der Waals surface area contributed by atoms with Crippen molar-refractivity contribution in [2.75, 3.05) is 13.2 Å². The number of carbonyl (C=O) groups is 1. The maximum absolute atomic E-state index is 10.6. The summed E-state index contributed by atoms with van der Waals surface area (Å²) in [7, 11) is 0. The third-order valence-corrected chi connectivity index (χ3v) is 5.94. The topological polar surface area (TPSA) is 67.8 Å². The van der Waals surface area contributed by atoms with Gasteiger partial charge in [-0.3, -0.25) is 0 Å². The summed E-state index contributed by atoms with van der Waals surface area (Å²) in [5.41, 5.74) is 6.81. The molecule has 0 aliphatic carbocycles. The van der Waals surface area contributed by atoms with Crippen molar-refractivity contribution in [3.63, 3.8) is 0 Å². The summed E-state index contributed by atoms with van der Waals surface area (Å²) >= 11 is 0. The second kappa shape index (κ2) is 13.0. The summed E-state index contributed by atoms with van der Waals surface area (Å²) in [4.78, 5) is 10.6. The monoisotopic (exact) mass is 493 g/mol. The van der Waals surface area contributed by atoms with Crippen molar-refractivity contribution in [1.82, 2.24) is 5.32 Å². The molecule has 4 aromatic carbocycles. The van der Waals surface area contributed by atoms with E-state index in [2.05, 4.69) is 60.8 Å². The van der Waals surface area contributed by atoms with E-state index in [-0.39, 0.29) is 13.2 Å². The zero-order chi connectivity index (χ0) is 25.9. The van der Waals surface area contributed by atoms with Crippen molar-refractivity contribution in [3.05, 3.63) is 131 Å². The number of allylic oxidation sites excluding steroid dienone is 1. The van der Waals surface area contributed by atoms with Crippen LogP contribution < -0.4 is 14.8 Å². The first kappa shape index (κ1) is 25.6. The average Bonchev–Trinajstić information content (AvgIpc) is 2.94. The maximum Gasteiger partial charge on any atom is 0.404 e. The third-order valence-electron chi connectivity index (χ3n) is 5.94. The van der Waals surface area contributed by atoms with Crippen LogP contribution in [0.4, 0.5) is 4.79 Å². The summed E-state index contributed by atoms with van der Waals surface area (Å²) in [6, 6.07) is 36.7. The molecule has 0 unspecified atom stereocenters. The predicted octanol–water partition coefficient (Wildman–Crippen LogP) is 7.28. The summed E-state index contributed by atoms with van der Waals surface area (Å²) in [6.45, 7) is 3.17. The fourth-order valence-electron chi connectivity index (χ4n) is 4.21. The van der Waals surface area contributed by atoms with Crippen molar-refractivity contribution < 1.29 is 19.4 Å². The molecule has 0 bridgehead atoms. The highest BCUT2D eigenvalue weighted by atomic mass is 16.5. The molecule has 5 heteroatoms. The van der Waals surface area contributed by atoms with E-state index in [4.69, 9.17) is 14.6 Å². The van der Waals surface area contributed by atoms with Crippen LogP contribution in [-0.4, -0.2) is 24.4 Å². The Balaban J connectivity index is 1.65. The Morgan fingerprint density at radius 3 is 2.08 bits per heavy atom. The molecule has 4 rings (SSSR count). The van der Waals surface area contributed by atoms with E-state index in [1.165, 1.54) is 11.1 Å². The van der Waals surface area contributed by atoms with Crippen molar-refractivity contribution >= 4 is 17.2 Å². The predicted molar refractivity (Wildman–Crippen MR) is 148 cm³/mol. The SMILES string of the molecule is CC/C(=C(/c1ccc(OCCNC(=O)O)cc1)c1cccc(OCc2ccccc2)c1)c1ccccc1. The number of benzene rings is 4. The molecule has 0 aromatic heterocycles. The van der Waals surface area contributed by atoms with E-state index in [1.807, 2.05) is 60.7 Å². The van der Waals surface area contributed by atoms with Gasteiger partial charge in [0.1, 0.15) is 24.7 Å². The van der Waals surface area contributed by atoms with E-state index in [9.17, 15) is 4.79 Å². The molecule has 188 valence electrons. The molecule has 0 fully saturated rings. The van der Waals surface area contributed by atoms with E-state index in [1.54, 1.807) is 0 Å². The van der Waals surface area contributed by atoms with Crippen LogP contribution in [-0.2, 0) is 6.61 Å². The van der Waals surface area contributed by atoms with E-state index in [0.29, 0.717) is 12.4 Å². The van der Waals surface area contributed by atoms with Gasteiger partial charge < -0.3 is 19.9 Å². The Morgan fingerprint density at radius 1 is 0.730 bits per heavy atom. The summed E-state index contributed by atoms with van der Waals surface area (Å²) in [6.07, 6.45) is -0.204. The molecule has 0 atom stereocenters. The standard InChI is InChI=1S/C32H31NO4/c1-2-30(25-12-7-4-8-13-25)31(26-16-18-28(19-17-26)36-21-20-33-32(34)35)27-14-9-15-29(22-27)37-23-24-10-5-3-6-11-24/h3-19,22,33H,2,20-21,23H2,1H3,(H,34,35)/b31-30+. The second-order valence-corrected chi connectivity index (χ2v) is 8.48. The minimum Gasteiger partial charge on any atom is -0.492 e. The van der Waals surface area contributed by atoms with E-state index in [0.717, 1.165) is 34.4 Å². The molecule has 0 heterocycles. The van der Waals surface area contributed by atoms with Crippen LogP contribution in [0.2, 0.25) is 0 Å². The van der Waals surface area contributed by atoms with Gasteiger partial charge in [-0.2, -0.15) is 0 Å². The normalized spacial score (nSPS) is 11.4. The van der Waals surface area contributed by atoms with Crippen LogP contribution in [0.5, 0.6) is 11.5 Å². The van der Waals surface area contributed by atoms with Gasteiger partial charge in [0.15, 0.2) is 0 Å². The lowest BCUT2D eigenvalue weighted by Crippen LogP contribution is -2.26. The first-order valence-electron chi connectivity index (χ1n) is 12.4. The van der Waals surface area contributed by atoms with Crippen molar-refractivity contribution in [2.45, 2.75) is 20.0 Å². The van der Waals surface area contributed by atoms with Gasteiger partial charge in [0.05, 0.1) is 6.54 Å². The zero-order valence-electron chi connectivity index (χ0n) is 20.9. The Labute approximate surface area is 218 Å². The average molecular weight is 494 g/mol. The van der Waals surface area contributed by atoms with Gasteiger partial charge in [-0.1, -0.05) is 91.9 Å². The van der Waals surface area contributed by atoms with Crippen LogP contribution in [0.15, 0.2) is 109 Å². The first-order chi connectivity index (χ1) is 18.1. The van der Waals surface area contributed by atoms with Crippen LogP contribution in [0, 0.1) is 0 Å². The number of nitrogens with one attached hydrogen (secondary N) is 1. The minimum atomic E-state index is -1.06. The Morgan fingerprint density at radius 2 is 1.41 bits per heavy atom. The molecule has 4 aromatic rings. The smallest absolute Gasteiger partial charge is 0.404 e. The molecule has 0 radical (unpaired) electrons. The minimum absolute atomic E-state index is 0.228. The van der Waals surface area contributed by atoms with Gasteiger partial charge in [0.2, 0.25) is 0 Å². The van der Waals surface area contributed by atoms with Crippen LogP contribution in [0.1, 0.15) is 35.6 Å². The van der Waals surface area contributed by atoms with Crippen LogP contribution in [0.25, 0.3) is 11.1 Å². The number of rotatable bonds is 11. The van der Waals surface area contributed by atoms with Crippen molar-refractivity contribution in [1.29, 1.82) is 0 Å². The summed E-state index contributed by atoms with van der Waals surface area (Å²) < 4.78 is 11.8. The highest BCUT2D eigenvalue weighted by Gasteiger charge is 2.14. The van der Waals surface area contributed by atoms with E-state index < -0.39 is 6.09 Å². The zero-order valence-corrected chi connectivity index (χ0v) is 20.9. The van der Waals surface area contributed by atoms with Gasteiger partial charge in [0.25, 0.3) is 0 Å². The molecule has 1 amide bonds. The molecule has 37 heavy (non-hydrogen) atoms. The van der Waals surface area contributed by atoms with Gasteiger partial charge >= 0.3 is 6.09 Å². The number of hydrogen-bond acceptors (Lipinski definition) is 3. The highest BCUT2D eigenvalue weighted by Crippen LogP contribution is 2.36. The quantitative estimate of drug-likeness (QED) is 0.170. The second-order valence-electron chi connectivity index (χ2n) is 8.48. The summed E-state index contributed by atoms with van der Waals surface area (Å²) in [5.74, 6) is 1.50. The molecule has 0 spiro atoms. The lowest BCUT2D eigenvalue weighted by Gasteiger charge is -2.18. The lowest BCUT2D eigenvalue weighted by atomic mass is 9.88. The van der Waals surface area contributed by atoms with Crippen LogP contribution in [0.3, 0.4) is 0 Å². The molecule has 2 N–H and O–H groups in total. The largest absolute Gasteiger partial charge is 0.492 e. The maximum atomic E-state index is 10.6. The Hall–Kier alpha value is -4.51. The van der Waals surface area contributed by atoms with Gasteiger partial charge in [-0.25, -0.2) is 4.79 Å². The molecule has 0 aliphatic heterocycles.